The van der Waals surface area contributed by atoms with Gasteiger partial charge in [0.05, 0.1) is 5.75 Å². The van der Waals surface area contributed by atoms with E-state index >= 15 is 0 Å². The van der Waals surface area contributed by atoms with Crippen molar-refractivity contribution in [3.63, 3.8) is 0 Å². The van der Waals surface area contributed by atoms with E-state index in [-0.39, 0.29) is 11.5 Å². The number of sulfone groups is 1. The Labute approximate surface area is 116 Å². The lowest BCUT2D eigenvalue weighted by atomic mass is 10.2. The summed E-state index contributed by atoms with van der Waals surface area (Å²) in [6, 6.07) is 7.86. The average molecular weight is 285 g/mol. The molecule has 0 radical (unpaired) electrons. The van der Waals surface area contributed by atoms with Gasteiger partial charge in [-0.25, -0.2) is 8.42 Å². The number of hydrogen-bond acceptors (Lipinski definition) is 4. The quantitative estimate of drug-likeness (QED) is 0.703. The number of ether oxygens (including phenoxy) is 1. The van der Waals surface area contributed by atoms with Gasteiger partial charge in [0.1, 0.15) is 12.4 Å². The largest absolute Gasteiger partial charge is 0.492 e. The van der Waals surface area contributed by atoms with Crippen LogP contribution in [0.3, 0.4) is 0 Å². The smallest absolute Gasteiger partial charge is 0.151 e. The summed E-state index contributed by atoms with van der Waals surface area (Å²) in [6.45, 7) is 5.57. The third-order valence-corrected chi connectivity index (χ3v) is 4.50. The van der Waals surface area contributed by atoms with Crippen LogP contribution in [-0.2, 0) is 9.84 Å². The fourth-order valence-corrected chi connectivity index (χ4v) is 2.99. The SMILES string of the molecule is CCCS(=O)(=O)CCNCCOc1cccc(C)c1. The van der Waals surface area contributed by atoms with E-state index in [9.17, 15) is 8.42 Å². The molecular weight excluding hydrogens is 262 g/mol. The van der Waals surface area contributed by atoms with Crippen LogP contribution < -0.4 is 10.1 Å². The van der Waals surface area contributed by atoms with Crippen LogP contribution in [0.2, 0.25) is 0 Å². The first-order valence-corrected chi connectivity index (χ1v) is 8.46. The van der Waals surface area contributed by atoms with Gasteiger partial charge in [-0.2, -0.15) is 0 Å². The molecular formula is C14H23NO3S. The summed E-state index contributed by atoms with van der Waals surface area (Å²) in [4.78, 5) is 0. The van der Waals surface area contributed by atoms with E-state index < -0.39 is 9.84 Å². The number of nitrogens with one attached hydrogen (secondary N) is 1. The van der Waals surface area contributed by atoms with E-state index in [0.29, 0.717) is 26.1 Å². The van der Waals surface area contributed by atoms with Gasteiger partial charge in [-0.3, -0.25) is 0 Å². The Bertz CT molecular complexity index is 471. The van der Waals surface area contributed by atoms with Gasteiger partial charge in [-0.15, -0.1) is 0 Å². The highest BCUT2D eigenvalue weighted by Gasteiger charge is 2.07. The second kappa shape index (κ2) is 8.17. The molecule has 1 N–H and O–H groups in total. The molecule has 0 aliphatic rings. The summed E-state index contributed by atoms with van der Waals surface area (Å²) in [5, 5.41) is 3.08. The van der Waals surface area contributed by atoms with Gasteiger partial charge in [0.15, 0.2) is 9.84 Å². The molecule has 0 aromatic heterocycles. The van der Waals surface area contributed by atoms with Crippen LogP contribution in [0.4, 0.5) is 0 Å². The third kappa shape index (κ3) is 7.18. The van der Waals surface area contributed by atoms with E-state index in [1.807, 2.05) is 38.1 Å². The molecule has 19 heavy (non-hydrogen) atoms. The maximum Gasteiger partial charge on any atom is 0.151 e. The first kappa shape index (κ1) is 16.0. The normalized spacial score (nSPS) is 11.5. The first-order chi connectivity index (χ1) is 9.03. The maximum atomic E-state index is 11.5. The zero-order valence-electron chi connectivity index (χ0n) is 11.7. The molecule has 0 unspecified atom stereocenters. The Kier molecular flexibility index (Phi) is 6.87. The molecule has 0 saturated heterocycles. The molecule has 0 heterocycles. The summed E-state index contributed by atoms with van der Waals surface area (Å²) in [5.74, 6) is 1.32. The minimum Gasteiger partial charge on any atom is -0.492 e. The van der Waals surface area contributed by atoms with Crippen LogP contribution in [-0.4, -0.2) is 39.6 Å². The van der Waals surface area contributed by atoms with Crippen LogP contribution in [0, 0.1) is 6.92 Å². The van der Waals surface area contributed by atoms with Crippen molar-refractivity contribution < 1.29 is 13.2 Å². The highest BCUT2D eigenvalue weighted by Crippen LogP contribution is 2.11. The Balaban J connectivity index is 2.12. The molecule has 5 heteroatoms. The van der Waals surface area contributed by atoms with Crippen molar-refractivity contribution in [1.82, 2.24) is 5.32 Å². The predicted molar refractivity (Wildman–Crippen MR) is 78.5 cm³/mol. The van der Waals surface area contributed by atoms with Crippen molar-refractivity contribution in [2.45, 2.75) is 20.3 Å². The average Bonchev–Trinajstić information content (AvgIpc) is 2.33. The van der Waals surface area contributed by atoms with Crippen molar-refractivity contribution in [2.75, 3.05) is 31.2 Å². The molecule has 0 saturated carbocycles. The Hall–Kier alpha value is -1.07. The molecule has 0 aliphatic carbocycles. The predicted octanol–water partition coefficient (Wildman–Crippen LogP) is 1.79. The lowest BCUT2D eigenvalue weighted by Gasteiger charge is -2.08. The van der Waals surface area contributed by atoms with E-state index in [1.54, 1.807) is 0 Å². The van der Waals surface area contributed by atoms with Crippen LogP contribution in [0.1, 0.15) is 18.9 Å². The summed E-state index contributed by atoms with van der Waals surface area (Å²) < 4.78 is 28.5. The van der Waals surface area contributed by atoms with Gasteiger partial charge < -0.3 is 10.1 Å². The second-order valence-corrected chi connectivity index (χ2v) is 6.87. The molecule has 0 bridgehead atoms. The van der Waals surface area contributed by atoms with Crippen LogP contribution in [0.5, 0.6) is 5.75 Å². The van der Waals surface area contributed by atoms with Crippen molar-refractivity contribution in [3.05, 3.63) is 29.8 Å². The van der Waals surface area contributed by atoms with Crippen LogP contribution >= 0.6 is 0 Å². The van der Waals surface area contributed by atoms with Crippen molar-refractivity contribution in [2.24, 2.45) is 0 Å². The minimum atomic E-state index is -2.88. The second-order valence-electron chi connectivity index (χ2n) is 4.57. The number of aryl methyl sites for hydroxylation is 1. The standard InChI is InChI=1S/C14H23NO3S/c1-3-10-19(16,17)11-8-15-7-9-18-14-6-4-5-13(2)12-14/h4-6,12,15H,3,7-11H2,1-2H3. The van der Waals surface area contributed by atoms with E-state index in [1.165, 1.54) is 0 Å². The molecule has 0 atom stereocenters. The number of hydrogen-bond donors (Lipinski definition) is 1. The number of rotatable bonds is 9. The fourth-order valence-electron chi connectivity index (χ4n) is 1.71. The maximum absolute atomic E-state index is 11.5. The van der Waals surface area contributed by atoms with E-state index in [4.69, 9.17) is 4.74 Å². The Morgan fingerprint density at radius 3 is 2.68 bits per heavy atom. The van der Waals surface area contributed by atoms with Crippen LogP contribution in [0.25, 0.3) is 0 Å². The molecule has 1 aromatic rings. The molecule has 1 rings (SSSR count). The molecule has 108 valence electrons. The Morgan fingerprint density at radius 1 is 1.21 bits per heavy atom. The van der Waals surface area contributed by atoms with E-state index in [2.05, 4.69) is 5.32 Å². The molecule has 0 amide bonds. The molecule has 4 nitrogen and oxygen atoms in total. The minimum absolute atomic E-state index is 0.200. The molecule has 0 spiro atoms. The summed E-state index contributed by atoms with van der Waals surface area (Å²) in [5.41, 5.74) is 1.16. The first-order valence-electron chi connectivity index (χ1n) is 6.64. The van der Waals surface area contributed by atoms with Crippen molar-refractivity contribution in [1.29, 1.82) is 0 Å². The van der Waals surface area contributed by atoms with Gasteiger partial charge >= 0.3 is 0 Å². The highest BCUT2D eigenvalue weighted by atomic mass is 32.2. The molecule has 1 aromatic carbocycles. The number of benzene rings is 1. The fraction of sp³-hybridized carbons (Fsp3) is 0.571. The summed E-state index contributed by atoms with van der Waals surface area (Å²) in [6.07, 6.45) is 0.679. The topological polar surface area (TPSA) is 55.4 Å². The highest BCUT2D eigenvalue weighted by molar-refractivity contribution is 7.91. The van der Waals surface area contributed by atoms with Gasteiger partial charge in [0.25, 0.3) is 0 Å². The summed E-state index contributed by atoms with van der Waals surface area (Å²) >= 11 is 0. The molecule has 0 fully saturated rings. The van der Waals surface area contributed by atoms with Gasteiger partial charge in [0.2, 0.25) is 0 Å². The van der Waals surface area contributed by atoms with Gasteiger partial charge in [0, 0.05) is 18.8 Å². The van der Waals surface area contributed by atoms with E-state index in [0.717, 1.165) is 11.3 Å². The van der Waals surface area contributed by atoms with Gasteiger partial charge in [-0.05, 0) is 31.0 Å². The Morgan fingerprint density at radius 2 is 2.00 bits per heavy atom. The van der Waals surface area contributed by atoms with Crippen molar-refractivity contribution >= 4 is 9.84 Å². The van der Waals surface area contributed by atoms with Gasteiger partial charge in [-0.1, -0.05) is 19.1 Å². The molecule has 0 aliphatic heterocycles. The monoisotopic (exact) mass is 285 g/mol. The van der Waals surface area contributed by atoms with Crippen LogP contribution in [0.15, 0.2) is 24.3 Å². The lowest BCUT2D eigenvalue weighted by Crippen LogP contribution is -2.27. The summed E-state index contributed by atoms with van der Waals surface area (Å²) in [7, 11) is -2.88. The zero-order chi connectivity index (χ0) is 14.1. The third-order valence-electron chi connectivity index (χ3n) is 2.64. The zero-order valence-corrected chi connectivity index (χ0v) is 12.5. The van der Waals surface area contributed by atoms with Crippen molar-refractivity contribution in [3.8, 4) is 5.75 Å². The lowest BCUT2D eigenvalue weighted by molar-refractivity contribution is 0.315.